The largest absolute Gasteiger partial charge is 0.396 e. The summed E-state index contributed by atoms with van der Waals surface area (Å²) in [4.78, 5) is 26.8. The maximum Gasteiger partial charge on any atom is 0.270 e. The predicted molar refractivity (Wildman–Crippen MR) is 103 cm³/mol. The average molecular weight is 380 g/mol. The van der Waals surface area contributed by atoms with Crippen molar-refractivity contribution in [2.75, 3.05) is 13.7 Å². The highest BCUT2D eigenvalue weighted by atomic mass is 16.3. The molecule has 1 fully saturated rings. The molecule has 7 heteroatoms. The molecule has 0 spiro atoms. The molecule has 0 bridgehead atoms. The summed E-state index contributed by atoms with van der Waals surface area (Å²) in [6.45, 7) is 9.01. The van der Waals surface area contributed by atoms with Gasteiger partial charge in [0, 0.05) is 19.0 Å². The molecule has 1 saturated heterocycles. The molecule has 0 unspecified atom stereocenters. The Kier molecular flexibility index (Phi) is 8.88. The summed E-state index contributed by atoms with van der Waals surface area (Å²) < 4.78 is 0. The highest BCUT2D eigenvalue weighted by Gasteiger charge is 2.40. The number of carbonyl (C=O) groups excluding carboxylic acids is 2. The topological polar surface area (TPSA) is 101 Å². The molecule has 1 rings (SSSR count). The smallest absolute Gasteiger partial charge is 0.270 e. The third-order valence-electron chi connectivity index (χ3n) is 5.09. The Morgan fingerprint density at radius 1 is 1.37 bits per heavy atom. The lowest BCUT2D eigenvalue weighted by molar-refractivity contribution is -0.155. The summed E-state index contributed by atoms with van der Waals surface area (Å²) in [5, 5.41) is 30.0. The third-order valence-corrected chi connectivity index (χ3v) is 5.09. The molecule has 3 N–H and O–H groups in total. The molecule has 0 radical (unpaired) electrons. The molecule has 1 heterocycles. The Bertz CT molecular complexity index is 601. The lowest BCUT2D eigenvalue weighted by atomic mass is 9.89. The van der Waals surface area contributed by atoms with Crippen molar-refractivity contribution < 1.29 is 24.9 Å². The number of hydrogen-bond acceptors (Lipinski definition) is 5. The number of likely N-dealkylation sites (N-methyl/N-ethyl adjacent to an activating group) is 1. The van der Waals surface area contributed by atoms with E-state index in [4.69, 9.17) is 0 Å². The molecule has 7 nitrogen and oxygen atoms in total. The molecule has 0 saturated carbocycles. The Labute approximate surface area is 161 Å². The second kappa shape index (κ2) is 10.4. The Morgan fingerprint density at radius 3 is 2.56 bits per heavy atom. The van der Waals surface area contributed by atoms with E-state index in [0.717, 1.165) is 17.7 Å². The Balaban J connectivity index is 2.78. The van der Waals surface area contributed by atoms with Gasteiger partial charge in [-0.3, -0.25) is 14.5 Å². The van der Waals surface area contributed by atoms with Crippen LogP contribution in [0.25, 0.3) is 0 Å². The third kappa shape index (κ3) is 5.51. The van der Waals surface area contributed by atoms with Crippen molar-refractivity contribution in [1.82, 2.24) is 9.80 Å². The van der Waals surface area contributed by atoms with E-state index in [2.05, 4.69) is 6.58 Å². The Morgan fingerprint density at radius 2 is 2.00 bits per heavy atom. The molecule has 0 aromatic rings. The van der Waals surface area contributed by atoms with Gasteiger partial charge in [-0.25, -0.2) is 0 Å². The fraction of sp³-hybridized carbons (Fsp3) is 0.600. The molecule has 0 aromatic carbocycles. The standard InChI is InChI=1S/C20H32N2O5/c1-6-9-13(2)18(25)16(12-23)10-7-8-11-17(24)22-15(4)19(26)21(5)14(3)20(22)27/h7-8,10-11,13-14,16,18,20,23,25,27H,4,6,9,12H2,1-3,5H3/b10-7-,11-8+/t13-,14-,16+,18-,20+/m1/s1. The molecular weight excluding hydrogens is 348 g/mol. The van der Waals surface area contributed by atoms with Crippen LogP contribution in [0.5, 0.6) is 0 Å². The number of piperazine rings is 1. The first-order valence-electron chi connectivity index (χ1n) is 9.28. The molecule has 2 amide bonds. The Hall–Kier alpha value is -1.96. The van der Waals surface area contributed by atoms with E-state index < -0.39 is 36.1 Å². The van der Waals surface area contributed by atoms with Crippen molar-refractivity contribution in [3.63, 3.8) is 0 Å². The summed E-state index contributed by atoms with van der Waals surface area (Å²) in [6.07, 6.45) is 5.83. The fourth-order valence-electron chi connectivity index (χ4n) is 3.09. The van der Waals surface area contributed by atoms with E-state index in [-0.39, 0.29) is 18.2 Å². The summed E-state index contributed by atoms with van der Waals surface area (Å²) >= 11 is 0. The van der Waals surface area contributed by atoms with Gasteiger partial charge >= 0.3 is 0 Å². The highest BCUT2D eigenvalue weighted by Crippen LogP contribution is 2.22. The van der Waals surface area contributed by atoms with Gasteiger partial charge in [0.15, 0.2) is 6.23 Å². The van der Waals surface area contributed by atoms with E-state index >= 15 is 0 Å². The molecule has 0 aromatic heterocycles. The number of allylic oxidation sites excluding steroid dienone is 2. The summed E-state index contributed by atoms with van der Waals surface area (Å²) in [5.41, 5.74) is -0.0845. The average Bonchev–Trinajstić information content (AvgIpc) is 2.64. The molecular formula is C20H32N2O5. The molecule has 27 heavy (non-hydrogen) atoms. The van der Waals surface area contributed by atoms with Crippen LogP contribution in [0.15, 0.2) is 36.6 Å². The minimum atomic E-state index is -1.18. The number of aliphatic hydroxyl groups is 3. The first kappa shape index (κ1) is 23.1. The molecule has 1 aliphatic rings. The molecule has 5 atom stereocenters. The van der Waals surface area contributed by atoms with Crippen LogP contribution >= 0.6 is 0 Å². The first-order valence-corrected chi connectivity index (χ1v) is 9.28. The van der Waals surface area contributed by atoms with Gasteiger partial charge in [-0.05, 0) is 19.3 Å². The van der Waals surface area contributed by atoms with Crippen LogP contribution in [-0.2, 0) is 9.59 Å². The minimum Gasteiger partial charge on any atom is -0.396 e. The van der Waals surface area contributed by atoms with Gasteiger partial charge in [-0.15, -0.1) is 0 Å². The van der Waals surface area contributed by atoms with Gasteiger partial charge in [0.2, 0.25) is 0 Å². The zero-order valence-electron chi connectivity index (χ0n) is 16.6. The lowest BCUT2D eigenvalue weighted by Gasteiger charge is -2.42. The van der Waals surface area contributed by atoms with E-state index in [1.165, 1.54) is 17.1 Å². The van der Waals surface area contributed by atoms with Crippen molar-refractivity contribution in [2.45, 2.75) is 52.0 Å². The number of aliphatic hydroxyl groups excluding tert-OH is 3. The van der Waals surface area contributed by atoms with Crippen LogP contribution in [0.3, 0.4) is 0 Å². The monoisotopic (exact) mass is 380 g/mol. The van der Waals surface area contributed by atoms with Crippen molar-refractivity contribution in [1.29, 1.82) is 0 Å². The van der Waals surface area contributed by atoms with Crippen LogP contribution < -0.4 is 0 Å². The summed E-state index contributed by atoms with van der Waals surface area (Å²) in [5.74, 6) is -1.36. The second-order valence-corrected chi connectivity index (χ2v) is 7.07. The number of hydrogen-bond donors (Lipinski definition) is 3. The van der Waals surface area contributed by atoms with Crippen LogP contribution in [0.4, 0.5) is 0 Å². The van der Waals surface area contributed by atoms with Gasteiger partial charge < -0.3 is 20.2 Å². The lowest BCUT2D eigenvalue weighted by Crippen LogP contribution is -2.59. The normalized spacial score (nSPS) is 24.7. The van der Waals surface area contributed by atoms with Gasteiger partial charge in [-0.1, -0.05) is 45.1 Å². The summed E-state index contributed by atoms with van der Waals surface area (Å²) in [6, 6.07) is -0.551. The summed E-state index contributed by atoms with van der Waals surface area (Å²) in [7, 11) is 1.54. The zero-order chi connectivity index (χ0) is 20.7. The van der Waals surface area contributed by atoms with Crippen molar-refractivity contribution in [3.8, 4) is 0 Å². The number of carbonyl (C=O) groups is 2. The van der Waals surface area contributed by atoms with E-state index in [1.807, 2.05) is 13.8 Å². The van der Waals surface area contributed by atoms with Crippen molar-refractivity contribution >= 4 is 11.8 Å². The molecule has 0 aliphatic carbocycles. The van der Waals surface area contributed by atoms with Gasteiger partial charge in [0.05, 0.1) is 18.8 Å². The first-order chi connectivity index (χ1) is 12.7. The van der Waals surface area contributed by atoms with Crippen molar-refractivity contribution in [3.05, 3.63) is 36.6 Å². The number of rotatable bonds is 8. The van der Waals surface area contributed by atoms with Crippen LogP contribution in [-0.4, -0.2) is 69.0 Å². The van der Waals surface area contributed by atoms with Gasteiger partial charge in [0.25, 0.3) is 11.8 Å². The van der Waals surface area contributed by atoms with E-state index in [0.29, 0.717) is 0 Å². The maximum atomic E-state index is 12.4. The van der Waals surface area contributed by atoms with Gasteiger partial charge in [-0.2, -0.15) is 0 Å². The van der Waals surface area contributed by atoms with Crippen LogP contribution in [0.2, 0.25) is 0 Å². The number of nitrogens with zero attached hydrogens (tertiary/aromatic N) is 2. The van der Waals surface area contributed by atoms with Crippen LogP contribution in [0, 0.1) is 11.8 Å². The van der Waals surface area contributed by atoms with Gasteiger partial charge in [0.1, 0.15) is 5.70 Å². The SMILES string of the molecule is C=C1C(=O)N(C)[C@H](C)[C@H](O)N1C(=O)/C=C/C=C\[C@@H](CO)[C@H](O)[C@H](C)CCC. The number of amides is 2. The maximum absolute atomic E-state index is 12.4. The molecule has 1 aliphatic heterocycles. The molecule has 152 valence electrons. The fourth-order valence-corrected chi connectivity index (χ4v) is 3.09. The van der Waals surface area contributed by atoms with Crippen LogP contribution in [0.1, 0.15) is 33.6 Å². The minimum absolute atomic E-state index is 0.0544. The quantitative estimate of drug-likeness (QED) is 0.431. The highest BCUT2D eigenvalue weighted by molar-refractivity contribution is 6.01. The predicted octanol–water partition coefficient (Wildman–Crippen LogP) is 1.03. The van der Waals surface area contributed by atoms with E-state index in [9.17, 15) is 24.9 Å². The second-order valence-electron chi connectivity index (χ2n) is 7.07. The van der Waals surface area contributed by atoms with E-state index in [1.54, 1.807) is 26.1 Å². The van der Waals surface area contributed by atoms with Crippen molar-refractivity contribution in [2.24, 2.45) is 11.8 Å². The zero-order valence-corrected chi connectivity index (χ0v) is 16.6.